The lowest BCUT2D eigenvalue weighted by Crippen LogP contribution is -2.20. The lowest BCUT2D eigenvalue weighted by Gasteiger charge is -1.99. The van der Waals surface area contributed by atoms with Gasteiger partial charge in [0, 0.05) is 17.9 Å². The van der Waals surface area contributed by atoms with E-state index in [0.717, 1.165) is 16.5 Å². The van der Waals surface area contributed by atoms with Crippen LogP contribution in [0, 0.1) is 5.82 Å². The Morgan fingerprint density at radius 3 is 2.94 bits per heavy atom. The van der Waals surface area contributed by atoms with E-state index in [4.69, 9.17) is 0 Å². The first-order valence-electron chi connectivity index (χ1n) is 4.95. The number of carbonyl (C=O) groups is 1. The smallest absolute Gasteiger partial charge is 0.216 e. The molecule has 0 unspecified atom stereocenters. The van der Waals surface area contributed by atoms with Gasteiger partial charge < -0.3 is 5.32 Å². The Morgan fingerprint density at radius 2 is 2.31 bits per heavy atom. The Kier molecular flexibility index (Phi) is 5.19. The Balaban J connectivity index is 2.47. The molecule has 0 radical (unpaired) electrons. The summed E-state index contributed by atoms with van der Waals surface area (Å²) in [5.74, 6) is -0.293. The van der Waals surface area contributed by atoms with Crippen molar-refractivity contribution in [2.45, 2.75) is 13.3 Å². The molecular weight excluding hydrogens is 273 g/mol. The molecular formula is C12H13BrFNO. The second kappa shape index (κ2) is 6.43. The van der Waals surface area contributed by atoms with Gasteiger partial charge in [0.15, 0.2) is 0 Å². The van der Waals surface area contributed by atoms with Crippen molar-refractivity contribution in [1.82, 2.24) is 5.32 Å². The van der Waals surface area contributed by atoms with Crippen LogP contribution in [0.15, 0.2) is 28.7 Å². The van der Waals surface area contributed by atoms with E-state index in [0.29, 0.717) is 6.54 Å². The van der Waals surface area contributed by atoms with Crippen molar-refractivity contribution in [2.24, 2.45) is 0 Å². The van der Waals surface area contributed by atoms with Crippen LogP contribution in [-0.4, -0.2) is 12.5 Å². The Labute approximate surface area is 103 Å². The third-order valence-corrected chi connectivity index (χ3v) is 2.63. The third-order valence-electron chi connectivity index (χ3n) is 1.94. The summed E-state index contributed by atoms with van der Waals surface area (Å²) >= 11 is 3.28. The molecule has 0 fully saturated rings. The lowest BCUT2D eigenvalue weighted by atomic mass is 10.2. The average molecular weight is 286 g/mol. The second-order valence-electron chi connectivity index (χ2n) is 3.34. The van der Waals surface area contributed by atoms with Gasteiger partial charge >= 0.3 is 0 Å². The van der Waals surface area contributed by atoms with E-state index in [9.17, 15) is 9.18 Å². The van der Waals surface area contributed by atoms with Crippen molar-refractivity contribution < 1.29 is 9.18 Å². The van der Waals surface area contributed by atoms with E-state index in [1.807, 2.05) is 12.2 Å². The van der Waals surface area contributed by atoms with E-state index in [1.165, 1.54) is 19.1 Å². The summed E-state index contributed by atoms with van der Waals surface area (Å²) in [6.07, 6.45) is 4.59. The molecule has 0 saturated carbocycles. The molecule has 0 bridgehead atoms. The van der Waals surface area contributed by atoms with Gasteiger partial charge in [-0.25, -0.2) is 4.39 Å². The van der Waals surface area contributed by atoms with Crippen LogP contribution in [-0.2, 0) is 4.79 Å². The first-order valence-corrected chi connectivity index (χ1v) is 5.75. The molecule has 16 heavy (non-hydrogen) atoms. The maximum Gasteiger partial charge on any atom is 0.216 e. The molecule has 86 valence electrons. The van der Waals surface area contributed by atoms with Gasteiger partial charge in [-0.05, 0) is 24.1 Å². The van der Waals surface area contributed by atoms with Gasteiger partial charge in [-0.2, -0.15) is 0 Å². The highest BCUT2D eigenvalue weighted by Gasteiger charge is 1.97. The Hall–Kier alpha value is -1.16. The van der Waals surface area contributed by atoms with Crippen molar-refractivity contribution in [3.05, 3.63) is 40.1 Å². The molecule has 1 aromatic rings. The maximum atomic E-state index is 12.8. The fraction of sp³-hybridized carbons (Fsp3) is 0.250. The molecule has 1 N–H and O–H groups in total. The Bertz CT molecular complexity index is 404. The Morgan fingerprint density at radius 1 is 1.56 bits per heavy atom. The number of hydrogen-bond donors (Lipinski definition) is 1. The van der Waals surface area contributed by atoms with Crippen molar-refractivity contribution in [1.29, 1.82) is 0 Å². The van der Waals surface area contributed by atoms with Crippen molar-refractivity contribution in [3.63, 3.8) is 0 Å². The highest BCUT2D eigenvalue weighted by molar-refractivity contribution is 9.10. The van der Waals surface area contributed by atoms with Crippen LogP contribution in [0.4, 0.5) is 4.39 Å². The molecule has 0 aromatic heterocycles. The molecule has 1 amide bonds. The molecule has 1 aromatic carbocycles. The van der Waals surface area contributed by atoms with Gasteiger partial charge in [0.2, 0.25) is 5.91 Å². The summed E-state index contributed by atoms with van der Waals surface area (Å²) in [5.41, 5.74) is 0.921. The normalized spacial score (nSPS) is 10.7. The zero-order valence-corrected chi connectivity index (χ0v) is 10.6. The van der Waals surface area contributed by atoms with Crippen LogP contribution >= 0.6 is 15.9 Å². The number of amides is 1. The average Bonchev–Trinajstić information content (AvgIpc) is 2.20. The minimum absolute atomic E-state index is 0.0311. The topological polar surface area (TPSA) is 29.1 Å². The zero-order chi connectivity index (χ0) is 12.0. The summed E-state index contributed by atoms with van der Waals surface area (Å²) in [5, 5.41) is 2.69. The summed E-state index contributed by atoms with van der Waals surface area (Å²) in [7, 11) is 0. The predicted octanol–water partition coefficient (Wildman–Crippen LogP) is 3.13. The number of benzene rings is 1. The molecule has 0 saturated heterocycles. The van der Waals surface area contributed by atoms with Gasteiger partial charge in [0.1, 0.15) is 5.82 Å². The number of halogens is 2. The molecule has 0 atom stereocenters. The summed E-state index contributed by atoms with van der Waals surface area (Å²) in [6, 6.07) is 4.54. The highest BCUT2D eigenvalue weighted by Crippen LogP contribution is 2.19. The first-order chi connectivity index (χ1) is 7.59. The first kappa shape index (κ1) is 12.9. The number of nitrogens with one attached hydrogen (secondary N) is 1. The lowest BCUT2D eigenvalue weighted by molar-refractivity contribution is -0.118. The van der Waals surface area contributed by atoms with Gasteiger partial charge in [0.25, 0.3) is 0 Å². The van der Waals surface area contributed by atoms with Crippen molar-refractivity contribution in [3.8, 4) is 0 Å². The van der Waals surface area contributed by atoms with E-state index in [1.54, 1.807) is 6.07 Å². The fourth-order valence-corrected chi connectivity index (χ4v) is 1.66. The van der Waals surface area contributed by atoms with Gasteiger partial charge in [-0.1, -0.05) is 34.1 Å². The van der Waals surface area contributed by atoms with Crippen LogP contribution in [0.3, 0.4) is 0 Å². The SMILES string of the molecule is CC(=O)NCCC=Cc1ccc(F)cc1Br. The van der Waals surface area contributed by atoms with Gasteiger partial charge in [-0.15, -0.1) is 0 Å². The molecule has 4 heteroatoms. The van der Waals surface area contributed by atoms with Crippen LogP contribution < -0.4 is 5.32 Å². The fourth-order valence-electron chi connectivity index (χ4n) is 1.18. The van der Waals surface area contributed by atoms with Gasteiger partial charge in [0.05, 0.1) is 0 Å². The van der Waals surface area contributed by atoms with Crippen LogP contribution in [0.25, 0.3) is 6.08 Å². The van der Waals surface area contributed by atoms with Crippen molar-refractivity contribution in [2.75, 3.05) is 6.54 Å². The number of carbonyl (C=O) groups excluding carboxylic acids is 1. The maximum absolute atomic E-state index is 12.8. The highest BCUT2D eigenvalue weighted by atomic mass is 79.9. The summed E-state index contributed by atoms with van der Waals surface area (Å²) in [6.45, 7) is 2.10. The molecule has 0 spiro atoms. The number of hydrogen-bond acceptors (Lipinski definition) is 1. The van der Waals surface area contributed by atoms with E-state index < -0.39 is 0 Å². The predicted molar refractivity (Wildman–Crippen MR) is 66.4 cm³/mol. The monoisotopic (exact) mass is 285 g/mol. The minimum Gasteiger partial charge on any atom is -0.356 e. The van der Waals surface area contributed by atoms with E-state index >= 15 is 0 Å². The molecule has 2 nitrogen and oxygen atoms in total. The molecule has 0 aliphatic rings. The molecule has 0 aliphatic heterocycles. The zero-order valence-electron chi connectivity index (χ0n) is 8.97. The van der Waals surface area contributed by atoms with E-state index in [-0.39, 0.29) is 11.7 Å². The van der Waals surface area contributed by atoms with E-state index in [2.05, 4.69) is 21.2 Å². The largest absolute Gasteiger partial charge is 0.356 e. The van der Waals surface area contributed by atoms with Crippen LogP contribution in [0.5, 0.6) is 0 Å². The van der Waals surface area contributed by atoms with Crippen molar-refractivity contribution >= 4 is 27.9 Å². The summed E-state index contributed by atoms with van der Waals surface area (Å²) < 4.78 is 13.5. The second-order valence-corrected chi connectivity index (χ2v) is 4.19. The summed E-state index contributed by atoms with van der Waals surface area (Å²) in [4.78, 5) is 10.6. The third kappa shape index (κ3) is 4.57. The quantitative estimate of drug-likeness (QED) is 0.846. The minimum atomic E-state index is -0.262. The molecule has 0 aliphatic carbocycles. The van der Waals surface area contributed by atoms with Crippen LogP contribution in [0.2, 0.25) is 0 Å². The van der Waals surface area contributed by atoms with Crippen LogP contribution in [0.1, 0.15) is 18.9 Å². The molecule has 1 rings (SSSR count). The van der Waals surface area contributed by atoms with Gasteiger partial charge in [-0.3, -0.25) is 4.79 Å². The number of rotatable bonds is 4. The standard InChI is InChI=1S/C12H13BrFNO/c1-9(16)15-7-3-2-4-10-5-6-11(14)8-12(10)13/h2,4-6,8H,3,7H2,1H3,(H,15,16). The molecule has 0 heterocycles.